The van der Waals surface area contributed by atoms with Crippen LogP contribution >= 0.6 is 23.2 Å². The molecular formula is C14H14Cl2N4O. The highest BCUT2D eigenvalue weighted by molar-refractivity contribution is 6.33. The second-order valence-corrected chi connectivity index (χ2v) is 5.30. The fourth-order valence-electron chi connectivity index (χ4n) is 1.77. The quantitative estimate of drug-likeness (QED) is 0.872. The van der Waals surface area contributed by atoms with E-state index in [1.807, 2.05) is 25.1 Å². The highest BCUT2D eigenvalue weighted by Crippen LogP contribution is 2.31. The average molecular weight is 325 g/mol. The molecule has 0 radical (unpaired) electrons. The molecule has 0 bridgehead atoms. The summed E-state index contributed by atoms with van der Waals surface area (Å²) in [5.41, 5.74) is 2.47. The molecule has 0 saturated heterocycles. The molecule has 1 N–H and O–H groups in total. The van der Waals surface area contributed by atoms with E-state index in [1.54, 1.807) is 11.9 Å². The lowest BCUT2D eigenvalue weighted by molar-refractivity contribution is -0.116. The molecule has 110 valence electrons. The van der Waals surface area contributed by atoms with Gasteiger partial charge in [-0.2, -0.15) is 4.98 Å². The third-order valence-corrected chi connectivity index (χ3v) is 3.41. The van der Waals surface area contributed by atoms with Crippen LogP contribution < -0.4 is 10.2 Å². The van der Waals surface area contributed by atoms with Gasteiger partial charge in [-0.15, -0.1) is 0 Å². The average Bonchev–Trinajstić information content (AvgIpc) is 2.42. The fraction of sp³-hybridized carbons (Fsp3) is 0.214. The summed E-state index contributed by atoms with van der Waals surface area (Å²) in [7, 11) is 1.70. The summed E-state index contributed by atoms with van der Waals surface area (Å²) < 4.78 is 0. The molecule has 7 heteroatoms. The summed E-state index contributed by atoms with van der Waals surface area (Å²) in [4.78, 5) is 21.0. The first kappa shape index (κ1) is 15.5. The van der Waals surface area contributed by atoms with Gasteiger partial charge in [-0.3, -0.25) is 4.79 Å². The van der Waals surface area contributed by atoms with Crippen molar-refractivity contribution in [1.29, 1.82) is 0 Å². The van der Waals surface area contributed by atoms with E-state index >= 15 is 0 Å². The number of carbonyl (C=O) groups is 1. The topological polar surface area (TPSA) is 58.1 Å². The lowest BCUT2D eigenvalue weighted by Crippen LogP contribution is -2.23. The van der Waals surface area contributed by atoms with Crippen molar-refractivity contribution in [3.05, 3.63) is 40.3 Å². The minimum absolute atomic E-state index is 0.0753. The molecule has 2 rings (SSSR count). The molecule has 0 aliphatic rings. The van der Waals surface area contributed by atoms with E-state index in [0.717, 1.165) is 11.3 Å². The molecule has 0 saturated carbocycles. The number of hydrogen-bond acceptors (Lipinski definition) is 4. The van der Waals surface area contributed by atoms with Crippen LogP contribution in [0, 0.1) is 6.92 Å². The number of nitrogens with zero attached hydrogens (tertiary/aromatic N) is 3. The van der Waals surface area contributed by atoms with E-state index in [-0.39, 0.29) is 11.2 Å². The number of aryl methyl sites for hydroxylation is 1. The van der Waals surface area contributed by atoms with Crippen molar-refractivity contribution in [2.45, 2.75) is 13.8 Å². The minimum atomic E-state index is -0.0753. The van der Waals surface area contributed by atoms with Crippen LogP contribution in [-0.2, 0) is 4.79 Å². The van der Waals surface area contributed by atoms with E-state index in [0.29, 0.717) is 16.5 Å². The third kappa shape index (κ3) is 3.62. The van der Waals surface area contributed by atoms with Crippen molar-refractivity contribution in [3.63, 3.8) is 0 Å². The smallest absolute Gasteiger partial charge is 0.224 e. The summed E-state index contributed by atoms with van der Waals surface area (Å²) >= 11 is 11.8. The van der Waals surface area contributed by atoms with Gasteiger partial charge in [0.15, 0.2) is 5.82 Å². The molecule has 2 aromatic rings. The number of halogens is 2. The molecule has 0 unspecified atom stereocenters. The van der Waals surface area contributed by atoms with E-state index in [2.05, 4.69) is 15.3 Å². The van der Waals surface area contributed by atoms with Crippen molar-refractivity contribution < 1.29 is 4.79 Å². The molecule has 1 aromatic carbocycles. The highest BCUT2D eigenvalue weighted by Gasteiger charge is 2.13. The Labute approximate surface area is 132 Å². The molecule has 1 amide bonds. The molecule has 1 heterocycles. The highest BCUT2D eigenvalue weighted by atomic mass is 35.5. The number of hydrogen-bond donors (Lipinski definition) is 1. The van der Waals surface area contributed by atoms with Crippen molar-refractivity contribution in [1.82, 2.24) is 9.97 Å². The zero-order valence-corrected chi connectivity index (χ0v) is 13.3. The zero-order valence-electron chi connectivity index (χ0n) is 11.8. The van der Waals surface area contributed by atoms with Gasteiger partial charge in [-0.05, 0) is 36.2 Å². The van der Waals surface area contributed by atoms with Gasteiger partial charge in [-0.25, -0.2) is 4.98 Å². The van der Waals surface area contributed by atoms with Gasteiger partial charge in [0.05, 0.1) is 17.6 Å². The maximum atomic E-state index is 11.6. The van der Waals surface area contributed by atoms with Gasteiger partial charge in [0, 0.05) is 14.0 Å². The Morgan fingerprint density at radius 2 is 2.05 bits per heavy atom. The Balaban J connectivity index is 2.45. The van der Waals surface area contributed by atoms with Crippen LogP contribution in [0.3, 0.4) is 0 Å². The predicted molar refractivity (Wildman–Crippen MR) is 85.6 cm³/mol. The zero-order chi connectivity index (χ0) is 15.6. The van der Waals surface area contributed by atoms with Gasteiger partial charge >= 0.3 is 0 Å². The Morgan fingerprint density at radius 1 is 1.33 bits per heavy atom. The summed E-state index contributed by atoms with van der Waals surface area (Å²) in [5.74, 6) is 0.314. The minimum Gasteiger partial charge on any atom is -0.337 e. The maximum Gasteiger partial charge on any atom is 0.224 e. The van der Waals surface area contributed by atoms with Gasteiger partial charge in [0.2, 0.25) is 11.2 Å². The number of aromatic nitrogens is 2. The standard InChI is InChI=1S/C14H14Cl2N4O/c1-8-4-5-12(20(3)9(2)21)11(6-8)18-13-10(15)7-17-14(16)19-13/h4-7H,1-3H3,(H,17,18,19). The normalized spacial score (nSPS) is 10.3. The van der Waals surface area contributed by atoms with Crippen LogP contribution in [0.15, 0.2) is 24.4 Å². The van der Waals surface area contributed by atoms with Crippen LogP contribution in [0.5, 0.6) is 0 Å². The van der Waals surface area contributed by atoms with E-state index in [9.17, 15) is 4.79 Å². The van der Waals surface area contributed by atoms with Gasteiger partial charge < -0.3 is 10.2 Å². The SMILES string of the molecule is CC(=O)N(C)c1ccc(C)cc1Nc1nc(Cl)ncc1Cl. The lowest BCUT2D eigenvalue weighted by atomic mass is 10.1. The summed E-state index contributed by atoms with van der Waals surface area (Å²) in [6.07, 6.45) is 1.42. The van der Waals surface area contributed by atoms with Crippen molar-refractivity contribution in [2.75, 3.05) is 17.3 Å². The monoisotopic (exact) mass is 324 g/mol. The second-order valence-electron chi connectivity index (χ2n) is 4.56. The first-order chi connectivity index (χ1) is 9.88. The largest absolute Gasteiger partial charge is 0.337 e. The van der Waals surface area contributed by atoms with E-state index in [1.165, 1.54) is 13.1 Å². The van der Waals surface area contributed by atoms with Crippen molar-refractivity contribution in [2.24, 2.45) is 0 Å². The number of rotatable bonds is 3. The molecule has 5 nitrogen and oxygen atoms in total. The van der Waals surface area contributed by atoms with E-state index in [4.69, 9.17) is 23.2 Å². The Kier molecular flexibility index (Phi) is 4.65. The Bertz CT molecular complexity index is 691. The Morgan fingerprint density at radius 3 is 2.71 bits per heavy atom. The number of nitrogens with one attached hydrogen (secondary N) is 1. The third-order valence-electron chi connectivity index (χ3n) is 2.95. The van der Waals surface area contributed by atoms with Gasteiger partial charge in [0.1, 0.15) is 5.02 Å². The van der Waals surface area contributed by atoms with Crippen LogP contribution in [0.2, 0.25) is 10.3 Å². The first-order valence-electron chi connectivity index (χ1n) is 6.18. The van der Waals surface area contributed by atoms with Crippen LogP contribution in [0.4, 0.5) is 17.2 Å². The van der Waals surface area contributed by atoms with Gasteiger partial charge in [-0.1, -0.05) is 17.7 Å². The van der Waals surface area contributed by atoms with Crippen molar-refractivity contribution in [3.8, 4) is 0 Å². The first-order valence-corrected chi connectivity index (χ1v) is 6.94. The molecule has 21 heavy (non-hydrogen) atoms. The number of carbonyl (C=O) groups excluding carboxylic acids is 1. The van der Waals surface area contributed by atoms with Crippen LogP contribution in [-0.4, -0.2) is 22.9 Å². The maximum absolute atomic E-state index is 11.6. The van der Waals surface area contributed by atoms with Crippen LogP contribution in [0.1, 0.15) is 12.5 Å². The van der Waals surface area contributed by atoms with E-state index < -0.39 is 0 Å². The molecule has 0 aliphatic carbocycles. The summed E-state index contributed by atoms with van der Waals surface area (Å²) in [6.45, 7) is 3.45. The molecule has 0 fully saturated rings. The predicted octanol–water partition coefficient (Wildman–Crippen LogP) is 3.82. The summed E-state index contributed by atoms with van der Waals surface area (Å²) in [6, 6.07) is 5.69. The molecule has 0 aliphatic heterocycles. The number of anilines is 3. The molecular weight excluding hydrogens is 311 g/mol. The molecule has 0 spiro atoms. The molecule has 0 atom stereocenters. The van der Waals surface area contributed by atoms with Crippen molar-refractivity contribution >= 4 is 46.3 Å². The number of benzene rings is 1. The summed E-state index contributed by atoms with van der Waals surface area (Å²) in [5, 5.41) is 3.54. The van der Waals surface area contributed by atoms with Crippen LogP contribution in [0.25, 0.3) is 0 Å². The lowest BCUT2D eigenvalue weighted by Gasteiger charge is -2.20. The fourth-order valence-corrected chi connectivity index (χ4v) is 2.04. The molecule has 1 aromatic heterocycles. The number of amides is 1. The van der Waals surface area contributed by atoms with Gasteiger partial charge in [0.25, 0.3) is 0 Å². The Hall–Kier alpha value is -1.85. The second kappa shape index (κ2) is 6.28.